The average Bonchev–Trinajstić information content (AvgIpc) is 2.94. The first-order chi connectivity index (χ1) is 18.4. The second kappa shape index (κ2) is 12.8. The minimum atomic E-state index is -0.318. The molecule has 1 aromatic heterocycles. The Balaban J connectivity index is 1.50. The third-order valence-corrected chi connectivity index (χ3v) is 6.83. The van der Waals surface area contributed by atoms with Crippen molar-refractivity contribution >= 4 is 46.3 Å². The quantitative estimate of drug-likeness (QED) is 0.304. The molecule has 0 bridgehead atoms. The van der Waals surface area contributed by atoms with E-state index in [0.29, 0.717) is 39.8 Å². The van der Waals surface area contributed by atoms with E-state index in [1.807, 2.05) is 12.1 Å². The summed E-state index contributed by atoms with van der Waals surface area (Å²) in [7, 11) is 5.91. The van der Waals surface area contributed by atoms with E-state index in [-0.39, 0.29) is 19.1 Å². The van der Waals surface area contributed by atoms with Crippen LogP contribution in [0.1, 0.15) is 23.2 Å². The van der Waals surface area contributed by atoms with Crippen molar-refractivity contribution in [2.24, 2.45) is 0 Å². The average molecular weight is 540 g/mol. The van der Waals surface area contributed by atoms with Crippen LogP contribution in [0, 0.1) is 0 Å². The lowest BCUT2D eigenvalue weighted by molar-refractivity contribution is 0.0945. The number of aromatic nitrogens is 2. The molecule has 1 fully saturated rings. The Labute approximate surface area is 228 Å². The van der Waals surface area contributed by atoms with Crippen LogP contribution in [-0.2, 0) is 0 Å². The van der Waals surface area contributed by atoms with Gasteiger partial charge in [0.25, 0.3) is 5.91 Å². The molecular weight excluding hydrogens is 506 g/mol. The van der Waals surface area contributed by atoms with Gasteiger partial charge in [-0.25, -0.2) is 4.98 Å². The number of methoxy groups -OCH3 is 1. The van der Waals surface area contributed by atoms with E-state index in [0.717, 1.165) is 37.3 Å². The summed E-state index contributed by atoms with van der Waals surface area (Å²) in [5, 5.41) is 18.3. The highest BCUT2D eigenvalue weighted by molar-refractivity contribution is 6.33. The number of aliphatic hydroxyl groups excluding tert-OH is 1. The number of anilines is 5. The van der Waals surface area contributed by atoms with Crippen LogP contribution in [-0.4, -0.2) is 79.4 Å². The lowest BCUT2D eigenvalue weighted by Crippen LogP contribution is -2.41. The number of para-hydroxylation sites is 1. The minimum Gasteiger partial charge on any atom is -0.494 e. The van der Waals surface area contributed by atoms with Gasteiger partial charge < -0.3 is 35.6 Å². The number of aliphatic hydroxyl groups is 1. The predicted octanol–water partition coefficient (Wildman–Crippen LogP) is 3.88. The van der Waals surface area contributed by atoms with Crippen molar-refractivity contribution in [2.75, 3.05) is 63.0 Å². The van der Waals surface area contributed by atoms with Crippen molar-refractivity contribution in [2.45, 2.75) is 18.9 Å². The Morgan fingerprint density at radius 3 is 2.63 bits per heavy atom. The van der Waals surface area contributed by atoms with Gasteiger partial charge in [0.15, 0.2) is 5.82 Å². The number of piperidine rings is 1. The Morgan fingerprint density at radius 1 is 1.16 bits per heavy atom. The largest absolute Gasteiger partial charge is 0.494 e. The van der Waals surface area contributed by atoms with Crippen LogP contribution in [0.25, 0.3) is 0 Å². The van der Waals surface area contributed by atoms with Crippen LogP contribution in [0.3, 0.4) is 0 Å². The second-order valence-electron chi connectivity index (χ2n) is 9.23. The van der Waals surface area contributed by atoms with Gasteiger partial charge >= 0.3 is 0 Å². The smallest absolute Gasteiger partial charge is 0.253 e. The molecule has 38 heavy (non-hydrogen) atoms. The highest BCUT2D eigenvalue weighted by atomic mass is 35.5. The topological polar surface area (TPSA) is 115 Å². The number of carbonyl (C=O) groups excluding carboxylic acids is 1. The molecule has 0 atom stereocenters. The summed E-state index contributed by atoms with van der Waals surface area (Å²) in [5.41, 5.74) is 2.75. The molecule has 2 heterocycles. The van der Waals surface area contributed by atoms with Gasteiger partial charge in [-0.05, 0) is 51.2 Å². The van der Waals surface area contributed by atoms with E-state index in [1.165, 1.54) is 6.20 Å². The third-order valence-electron chi connectivity index (χ3n) is 6.56. The van der Waals surface area contributed by atoms with Gasteiger partial charge in [-0.15, -0.1) is 0 Å². The number of carbonyl (C=O) groups is 1. The SMILES string of the molecule is COc1cc(N2CCC(N(C)C)CC2)ccc1Nc1ncc(Cl)c(Nc2ccccc2C(=O)NCCO)n1. The molecule has 1 saturated heterocycles. The Morgan fingerprint density at radius 2 is 1.92 bits per heavy atom. The molecule has 2 aromatic carbocycles. The zero-order valence-electron chi connectivity index (χ0n) is 21.9. The molecule has 0 unspecified atom stereocenters. The van der Waals surface area contributed by atoms with E-state index in [4.69, 9.17) is 21.4 Å². The third kappa shape index (κ3) is 6.63. The zero-order valence-corrected chi connectivity index (χ0v) is 22.6. The maximum Gasteiger partial charge on any atom is 0.253 e. The van der Waals surface area contributed by atoms with Crippen LogP contribution >= 0.6 is 11.6 Å². The van der Waals surface area contributed by atoms with Crippen LogP contribution in [0.2, 0.25) is 5.02 Å². The second-order valence-corrected chi connectivity index (χ2v) is 9.64. The van der Waals surface area contributed by atoms with E-state index in [9.17, 15) is 4.79 Å². The predicted molar refractivity (Wildman–Crippen MR) is 151 cm³/mol. The fourth-order valence-electron chi connectivity index (χ4n) is 4.44. The monoisotopic (exact) mass is 539 g/mol. The number of rotatable bonds is 10. The van der Waals surface area contributed by atoms with Gasteiger partial charge in [-0.2, -0.15) is 4.98 Å². The molecule has 202 valence electrons. The first-order valence-corrected chi connectivity index (χ1v) is 12.9. The normalized spacial score (nSPS) is 13.9. The number of nitrogens with zero attached hydrogens (tertiary/aromatic N) is 4. The van der Waals surface area contributed by atoms with Crippen molar-refractivity contribution < 1.29 is 14.6 Å². The summed E-state index contributed by atoms with van der Waals surface area (Å²) in [6.07, 6.45) is 3.73. The van der Waals surface area contributed by atoms with Gasteiger partial charge in [-0.3, -0.25) is 4.79 Å². The van der Waals surface area contributed by atoms with Crippen molar-refractivity contribution in [3.63, 3.8) is 0 Å². The van der Waals surface area contributed by atoms with Gasteiger partial charge in [0.2, 0.25) is 5.95 Å². The Hall–Kier alpha value is -3.60. The van der Waals surface area contributed by atoms with Crippen molar-refractivity contribution in [1.29, 1.82) is 0 Å². The fraction of sp³-hybridized carbons (Fsp3) is 0.370. The standard InChI is InChI=1S/C27H34ClN7O3/c1-34(2)18-10-13-35(14-11-18)19-8-9-23(24(16-19)38-3)32-27-30-17-21(28)25(33-27)31-22-7-5-4-6-20(22)26(37)29-12-15-36/h4-9,16-18,36H,10-15H2,1-3H3,(H,29,37)(H2,30,31,32,33). The summed E-state index contributed by atoms with van der Waals surface area (Å²) in [5.74, 6) is 1.01. The Bertz CT molecular complexity index is 1250. The number of ether oxygens (including phenoxy) is 1. The van der Waals surface area contributed by atoms with Gasteiger partial charge in [0.1, 0.15) is 10.8 Å². The number of halogens is 1. The van der Waals surface area contributed by atoms with Crippen molar-refractivity contribution in [3.8, 4) is 5.75 Å². The molecule has 0 radical (unpaired) electrons. The zero-order chi connectivity index (χ0) is 27.1. The van der Waals surface area contributed by atoms with Gasteiger partial charge in [-0.1, -0.05) is 23.7 Å². The van der Waals surface area contributed by atoms with Crippen molar-refractivity contribution in [3.05, 3.63) is 59.2 Å². The molecule has 3 aromatic rings. The summed E-state index contributed by atoms with van der Waals surface area (Å²) < 4.78 is 5.68. The minimum absolute atomic E-state index is 0.145. The molecule has 11 heteroatoms. The first kappa shape index (κ1) is 27.4. The lowest BCUT2D eigenvalue weighted by atomic mass is 10.0. The molecule has 10 nitrogen and oxygen atoms in total. The van der Waals surface area contributed by atoms with E-state index >= 15 is 0 Å². The lowest BCUT2D eigenvalue weighted by Gasteiger charge is -2.36. The number of nitrogens with one attached hydrogen (secondary N) is 3. The van der Waals surface area contributed by atoms with Crippen molar-refractivity contribution in [1.82, 2.24) is 20.2 Å². The molecule has 1 aliphatic rings. The fourth-order valence-corrected chi connectivity index (χ4v) is 4.58. The molecule has 1 amide bonds. The number of amides is 1. The molecule has 0 saturated carbocycles. The van der Waals surface area contributed by atoms with E-state index < -0.39 is 0 Å². The van der Waals surface area contributed by atoms with Gasteiger partial charge in [0.05, 0.1) is 36.9 Å². The number of hydrogen-bond donors (Lipinski definition) is 4. The molecule has 0 aliphatic carbocycles. The van der Waals surface area contributed by atoms with Crippen LogP contribution in [0.15, 0.2) is 48.7 Å². The summed E-state index contributed by atoms with van der Waals surface area (Å²) in [6, 6.07) is 13.6. The van der Waals surface area contributed by atoms with E-state index in [2.05, 4.69) is 55.9 Å². The Kier molecular flexibility index (Phi) is 9.22. The summed E-state index contributed by atoms with van der Waals surface area (Å²) in [4.78, 5) is 26.0. The molecule has 4 N–H and O–H groups in total. The highest BCUT2D eigenvalue weighted by Crippen LogP contribution is 2.34. The molecule has 4 rings (SSSR count). The number of hydrogen-bond acceptors (Lipinski definition) is 9. The van der Waals surface area contributed by atoms with Gasteiger partial charge in [0, 0.05) is 37.4 Å². The molecule has 0 spiro atoms. The molecular formula is C27H34ClN7O3. The maximum absolute atomic E-state index is 12.5. The number of benzene rings is 2. The van der Waals surface area contributed by atoms with E-state index in [1.54, 1.807) is 31.4 Å². The summed E-state index contributed by atoms with van der Waals surface area (Å²) in [6.45, 7) is 2.00. The van der Waals surface area contributed by atoms with Crippen LogP contribution < -0.4 is 25.6 Å². The first-order valence-electron chi connectivity index (χ1n) is 12.5. The van der Waals surface area contributed by atoms with Crippen LogP contribution in [0.4, 0.5) is 28.8 Å². The molecule has 1 aliphatic heterocycles. The highest BCUT2D eigenvalue weighted by Gasteiger charge is 2.22. The maximum atomic E-state index is 12.5. The van der Waals surface area contributed by atoms with Crippen LogP contribution in [0.5, 0.6) is 5.75 Å². The summed E-state index contributed by atoms with van der Waals surface area (Å²) >= 11 is 6.38.